The van der Waals surface area contributed by atoms with E-state index in [1.807, 2.05) is 11.8 Å². The number of thioether (sulfide) groups is 1. The smallest absolute Gasteiger partial charge is 0.267 e. The Balaban J connectivity index is 1.97. The van der Waals surface area contributed by atoms with E-state index in [1.54, 1.807) is 0 Å². The van der Waals surface area contributed by atoms with E-state index in [1.165, 1.54) is 37.8 Å². The lowest BCUT2D eigenvalue weighted by Gasteiger charge is -2.25. The minimum Gasteiger partial charge on any atom is -0.285 e. The molecule has 1 saturated carbocycles. The molecule has 16 heavy (non-hydrogen) atoms. The quantitative estimate of drug-likeness (QED) is 0.816. The third kappa shape index (κ3) is 1.73. The zero-order valence-electron chi connectivity index (χ0n) is 9.50. The van der Waals surface area contributed by atoms with Crippen molar-refractivity contribution in [2.24, 2.45) is 0 Å². The second-order valence-corrected chi connectivity index (χ2v) is 5.94. The Labute approximate surface area is 99.6 Å². The second kappa shape index (κ2) is 4.32. The molecular weight excluding hydrogens is 220 g/mol. The van der Waals surface area contributed by atoms with Gasteiger partial charge in [-0.15, -0.1) is 0 Å². The first-order valence-corrected chi connectivity index (χ1v) is 7.42. The molecule has 4 heteroatoms. The van der Waals surface area contributed by atoms with E-state index in [4.69, 9.17) is 0 Å². The summed E-state index contributed by atoms with van der Waals surface area (Å²) < 4.78 is 2.20. The highest BCUT2D eigenvalue weighted by Crippen LogP contribution is 2.31. The van der Waals surface area contributed by atoms with Crippen LogP contribution in [0.4, 0.5) is 0 Å². The van der Waals surface area contributed by atoms with Gasteiger partial charge in [0.15, 0.2) is 0 Å². The Morgan fingerprint density at radius 2 is 2.06 bits per heavy atom. The number of hydrogen-bond donors (Lipinski definition) is 1. The number of rotatable bonds is 1. The molecule has 1 fully saturated rings. The molecule has 2 heterocycles. The van der Waals surface area contributed by atoms with E-state index >= 15 is 0 Å². The fraction of sp³-hybridized carbons (Fsp3) is 0.750. The van der Waals surface area contributed by atoms with Crippen molar-refractivity contribution in [3.8, 4) is 0 Å². The molecule has 1 N–H and O–H groups in total. The van der Waals surface area contributed by atoms with Gasteiger partial charge in [0.25, 0.3) is 5.56 Å². The van der Waals surface area contributed by atoms with Crippen LogP contribution in [0.2, 0.25) is 0 Å². The summed E-state index contributed by atoms with van der Waals surface area (Å²) in [6.45, 7) is 0. The molecule has 1 aliphatic heterocycles. The van der Waals surface area contributed by atoms with Crippen molar-refractivity contribution in [1.82, 2.24) is 9.78 Å². The maximum absolute atomic E-state index is 11.8. The van der Waals surface area contributed by atoms with Crippen molar-refractivity contribution in [3.05, 3.63) is 21.6 Å². The van der Waals surface area contributed by atoms with Gasteiger partial charge in [-0.2, -0.15) is 11.8 Å². The van der Waals surface area contributed by atoms with Crippen LogP contribution in [0.3, 0.4) is 0 Å². The molecule has 0 atom stereocenters. The van der Waals surface area contributed by atoms with Gasteiger partial charge in [0, 0.05) is 11.3 Å². The Hall–Kier alpha value is -0.640. The van der Waals surface area contributed by atoms with Crippen LogP contribution >= 0.6 is 11.8 Å². The highest BCUT2D eigenvalue weighted by molar-refractivity contribution is 7.98. The normalized spacial score (nSPS) is 22.0. The van der Waals surface area contributed by atoms with Gasteiger partial charge in [0.1, 0.15) is 0 Å². The molecule has 3 nitrogen and oxygen atoms in total. The average Bonchev–Trinajstić information content (AvgIpc) is 2.69. The first-order chi connectivity index (χ1) is 7.86. The number of aromatic nitrogens is 2. The summed E-state index contributed by atoms with van der Waals surface area (Å²) in [5.74, 6) is 2.12. The molecule has 88 valence electrons. The first-order valence-electron chi connectivity index (χ1n) is 6.26. The maximum atomic E-state index is 11.8. The predicted molar refractivity (Wildman–Crippen MR) is 67.0 cm³/mol. The molecule has 1 aromatic heterocycles. The molecule has 0 bridgehead atoms. The monoisotopic (exact) mass is 238 g/mol. The Morgan fingerprint density at radius 3 is 2.88 bits per heavy atom. The van der Waals surface area contributed by atoms with Crippen molar-refractivity contribution < 1.29 is 0 Å². The summed E-state index contributed by atoms with van der Waals surface area (Å²) in [7, 11) is 0. The van der Waals surface area contributed by atoms with Gasteiger partial charge in [0.2, 0.25) is 0 Å². The molecular formula is C12H18N2OS. The van der Waals surface area contributed by atoms with E-state index in [9.17, 15) is 4.79 Å². The lowest BCUT2D eigenvalue weighted by atomic mass is 9.95. The molecule has 2 aliphatic rings. The average molecular weight is 238 g/mol. The molecule has 3 rings (SSSR count). The van der Waals surface area contributed by atoms with Crippen LogP contribution in [0, 0.1) is 0 Å². The van der Waals surface area contributed by atoms with Gasteiger partial charge < -0.3 is 0 Å². The van der Waals surface area contributed by atoms with Gasteiger partial charge in [-0.3, -0.25) is 14.6 Å². The second-order valence-electron chi connectivity index (χ2n) is 4.83. The Bertz CT molecular complexity index is 429. The highest BCUT2D eigenvalue weighted by atomic mass is 32.2. The van der Waals surface area contributed by atoms with Gasteiger partial charge in [-0.05, 0) is 25.0 Å². The molecule has 0 amide bonds. The summed E-state index contributed by atoms with van der Waals surface area (Å²) in [5, 5.41) is 3.07. The summed E-state index contributed by atoms with van der Waals surface area (Å²) in [6, 6.07) is 0.559. The van der Waals surface area contributed by atoms with Gasteiger partial charge in [-0.25, -0.2) is 0 Å². The van der Waals surface area contributed by atoms with E-state index in [2.05, 4.69) is 9.78 Å². The highest BCUT2D eigenvalue weighted by Gasteiger charge is 2.24. The van der Waals surface area contributed by atoms with E-state index in [0.29, 0.717) is 6.04 Å². The van der Waals surface area contributed by atoms with Crippen LogP contribution in [0.25, 0.3) is 0 Å². The maximum Gasteiger partial charge on any atom is 0.267 e. The zero-order chi connectivity index (χ0) is 11.0. The largest absolute Gasteiger partial charge is 0.285 e. The molecule has 0 spiro atoms. The van der Waals surface area contributed by atoms with Crippen LogP contribution < -0.4 is 5.56 Å². The number of nitrogens with one attached hydrogen (secondary N) is 1. The van der Waals surface area contributed by atoms with Crippen molar-refractivity contribution in [2.75, 3.05) is 5.75 Å². The van der Waals surface area contributed by atoms with Crippen LogP contribution in [0.5, 0.6) is 0 Å². The minimum atomic E-state index is 0.167. The molecule has 1 aromatic rings. The fourth-order valence-electron chi connectivity index (χ4n) is 2.93. The van der Waals surface area contributed by atoms with Crippen molar-refractivity contribution >= 4 is 11.8 Å². The van der Waals surface area contributed by atoms with E-state index < -0.39 is 0 Å². The van der Waals surface area contributed by atoms with Gasteiger partial charge in [0.05, 0.1) is 11.7 Å². The zero-order valence-corrected chi connectivity index (χ0v) is 10.3. The third-order valence-electron chi connectivity index (χ3n) is 3.81. The number of H-pyrrole nitrogens is 1. The number of nitrogens with zero attached hydrogens (tertiary/aromatic N) is 1. The van der Waals surface area contributed by atoms with E-state index in [0.717, 1.165) is 23.5 Å². The minimum absolute atomic E-state index is 0.167. The summed E-state index contributed by atoms with van der Waals surface area (Å²) in [6.07, 6.45) is 7.41. The third-order valence-corrected chi connectivity index (χ3v) is 4.78. The topological polar surface area (TPSA) is 37.8 Å². The molecule has 0 unspecified atom stereocenters. The number of hydrogen-bond acceptors (Lipinski definition) is 2. The molecule has 0 aromatic carbocycles. The summed E-state index contributed by atoms with van der Waals surface area (Å²) >= 11 is 1.95. The Morgan fingerprint density at radius 1 is 1.25 bits per heavy atom. The number of aromatic amines is 1. The standard InChI is InChI=1S/C12H18N2OS/c15-12-10-6-7-16-8-11(10)14(13-12)9-4-2-1-3-5-9/h9H,1-8H2,(H,13,15). The van der Waals surface area contributed by atoms with Crippen LogP contribution in [-0.2, 0) is 12.2 Å². The van der Waals surface area contributed by atoms with Crippen molar-refractivity contribution in [3.63, 3.8) is 0 Å². The predicted octanol–water partition coefficient (Wildman–Crippen LogP) is 2.47. The van der Waals surface area contributed by atoms with Crippen LogP contribution in [-0.4, -0.2) is 15.5 Å². The van der Waals surface area contributed by atoms with Gasteiger partial charge in [-0.1, -0.05) is 19.3 Å². The number of fused-ring (bicyclic) bond motifs is 1. The van der Waals surface area contributed by atoms with Crippen molar-refractivity contribution in [1.29, 1.82) is 0 Å². The molecule has 0 saturated heterocycles. The lowest BCUT2D eigenvalue weighted by Crippen LogP contribution is -2.18. The summed E-state index contributed by atoms with van der Waals surface area (Å²) in [4.78, 5) is 11.8. The first kappa shape index (κ1) is 10.5. The van der Waals surface area contributed by atoms with Crippen LogP contribution in [0.15, 0.2) is 4.79 Å². The molecule has 1 aliphatic carbocycles. The molecule has 0 radical (unpaired) electrons. The SMILES string of the molecule is O=c1[nH]n(C2CCCCC2)c2c1CCSC2. The van der Waals surface area contributed by atoms with Gasteiger partial charge >= 0.3 is 0 Å². The summed E-state index contributed by atoms with van der Waals surface area (Å²) in [5.41, 5.74) is 2.51. The lowest BCUT2D eigenvalue weighted by molar-refractivity contribution is 0.323. The fourth-order valence-corrected chi connectivity index (χ4v) is 3.93. The Kier molecular flexibility index (Phi) is 2.84. The van der Waals surface area contributed by atoms with Crippen LogP contribution in [0.1, 0.15) is 49.4 Å². The van der Waals surface area contributed by atoms with Crippen molar-refractivity contribution in [2.45, 2.75) is 50.3 Å². The van der Waals surface area contributed by atoms with E-state index in [-0.39, 0.29) is 5.56 Å².